The minimum absolute atomic E-state index is 0.0140. The number of rotatable bonds is 6. The number of nitrogens with zero attached hydrogens (tertiary/aromatic N) is 1. The number of anilines is 1. The number of carbonyl (C=O) groups excluding carboxylic acids is 3. The fourth-order valence-corrected chi connectivity index (χ4v) is 5.19. The molecule has 1 aromatic carbocycles. The number of allylic oxidation sites excluding steroid dienone is 2. The first-order valence-electron chi connectivity index (χ1n) is 9.92. The maximum atomic E-state index is 12.5. The summed E-state index contributed by atoms with van der Waals surface area (Å²) in [4.78, 5) is 38.5. The second-order valence-corrected chi connectivity index (χ2v) is 10.3. The molecule has 1 aromatic rings. The Hall–Kier alpha value is -2.52. The molecule has 1 aliphatic carbocycles. The zero-order valence-corrected chi connectivity index (χ0v) is 18.2. The van der Waals surface area contributed by atoms with Gasteiger partial charge in [0.1, 0.15) is 0 Å². The average molecular weight is 434 g/mol. The minimum Gasteiger partial charge on any atom is -0.326 e. The molecule has 0 spiro atoms. The molecule has 0 unspecified atom stereocenters. The largest absolute Gasteiger partial charge is 0.326 e. The maximum Gasteiger partial charge on any atom is 0.241 e. The Kier molecular flexibility index (Phi) is 6.14. The van der Waals surface area contributed by atoms with E-state index in [1.54, 1.807) is 26.8 Å². The summed E-state index contributed by atoms with van der Waals surface area (Å²) in [5, 5.41) is 2.64. The van der Waals surface area contributed by atoms with Crippen molar-refractivity contribution in [1.29, 1.82) is 0 Å². The van der Waals surface area contributed by atoms with Crippen LogP contribution in [0, 0.1) is 11.8 Å². The van der Waals surface area contributed by atoms with Gasteiger partial charge < -0.3 is 5.32 Å². The van der Waals surface area contributed by atoms with Crippen LogP contribution in [0.1, 0.15) is 40.0 Å². The number of likely N-dealkylation sites (tertiary alicyclic amines) is 1. The third-order valence-corrected chi connectivity index (χ3v) is 6.79. The fraction of sp³-hybridized carbons (Fsp3) is 0.476. The Morgan fingerprint density at radius 2 is 1.70 bits per heavy atom. The SMILES string of the molecule is CC(C)(C)NS(=O)(=O)c1cccc(NC(=O)CCN2C(=O)[C@@H]3CC=CC[C@H]3C2=O)c1. The first-order valence-corrected chi connectivity index (χ1v) is 11.4. The van der Waals surface area contributed by atoms with E-state index in [-0.39, 0.29) is 41.5 Å². The molecule has 1 saturated heterocycles. The Morgan fingerprint density at radius 1 is 1.10 bits per heavy atom. The normalized spacial score (nSPS) is 21.6. The number of imide groups is 1. The van der Waals surface area contributed by atoms with E-state index in [1.807, 2.05) is 12.2 Å². The van der Waals surface area contributed by atoms with Crippen molar-refractivity contribution in [2.75, 3.05) is 11.9 Å². The summed E-state index contributed by atoms with van der Waals surface area (Å²) in [5.41, 5.74) is -0.312. The van der Waals surface area contributed by atoms with Crippen LogP contribution in [0.4, 0.5) is 5.69 Å². The predicted molar refractivity (Wildman–Crippen MR) is 112 cm³/mol. The van der Waals surface area contributed by atoms with Gasteiger partial charge in [0.05, 0.1) is 16.7 Å². The molecule has 8 nitrogen and oxygen atoms in total. The molecule has 2 aliphatic rings. The van der Waals surface area contributed by atoms with E-state index in [1.165, 1.54) is 23.1 Å². The van der Waals surface area contributed by atoms with E-state index in [4.69, 9.17) is 0 Å². The van der Waals surface area contributed by atoms with Crippen LogP contribution in [0.15, 0.2) is 41.3 Å². The van der Waals surface area contributed by atoms with Gasteiger partial charge in [-0.3, -0.25) is 19.3 Å². The van der Waals surface area contributed by atoms with Gasteiger partial charge in [-0.15, -0.1) is 0 Å². The van der Waals surface area contributed by atoms with E-state index in [2.05, 4.69) is 10.0 Å². The monoisotopic (exact) mass is 433 g/mol. The summed E-state index contributed by atoms with van der Waals surface area (Å²) < 4.78 is 27.5. The van der Waals surface area contributed by atoms with Crippen LogP contribution in [0.25, 0.3) is 0 Å². The van der Waals surface area contributed by atoms with Gasteiger partial charge in [-0.1, -0.05) is 18.2 Å². The van der Waals surface area contributed by atoms with Gasteiger partial charge in [0.15, 0.2) is 0 Å². The van der Waals surface area contributed by atoms with Gasteiger partial charge in [-0.05, 0) is 51.8 Å². The van der Waals surface area contributed by atoms with Crippen molar-refractivity contribution in [3.8, 4) is 0 Å². The second-order valence-electron chi connectivity index (χ2n) is 8.67. The van der Waals surface area contributed by atoms with E-state index in [9.17, 15) is 22.8 Å². The van der Waals surface area contributed by atoms with Crippen molar-refractivity contribution < 1.29 is 22.8 Å². The quantitative estimate of drug-likeness (QED) is 0.527. The first kappa shape index (κ1) is 22.2. The Bertz CT molecular complexity index is 968. The number of fused-ring (bicyclic) bond motifs is 1. The van der Waals surface area contributed by atoms with Crippen LogP contribution in [-0.2, 0) is 24.4 Å². The number of benzene rings is 1. The van der Waals surface area contributed by atoms with Crippen LogP contribution in [-0.4, -0.2) is 43.1 Å². The highest BCUT2D eigenvalue weighted by Gasteiger charge is 2.46. The van der Waals surface area contributed by atoms with Crippen LogP contribution in [0.2, 0.25) is 0 Å². The van der Waals surface area contributed by atoms with Crippen LogP contribution in [0.5, 0.6) is 0 Å². The van der Waals surface area contributed by atoms with Gasteiger partial charge >= 0.3 is 0 Å². The van der Waals surface area contributed by atoms with Gasteiger partial charge in [-0.2, -0.15) is 0 Å². The molecule has 3 rings (SSSR count). The Labute approximate surface area is 176 Å². The molecule has 1 aliphatic heterocycles. The van der Waals surface area contributed by atoms with Crippen molar-refractivity contribution in [3.05, 3.63) is 36.4 Å². The summed E-state index contributed by atoms with van der Waals surface area (Å²) in [6.45, 7) is 5.23. The van der Waals surface area contributed by atoms with Crippen molar-refractivity contribution >= 4 is 33.4 Å². The summed E-state index contributed by atoms with van der Waals surface area (Å²) in [6, 6.07) is 5.94. The zero-order valence-electron chi connectivity index (χ0n) is 17.3. The molecule has 1 fully saturated rings. The molecule has 0 aromatic heterocycles. The molecule has 0 radical (unpaired) electrons. The third-order valence-electron chi connectivity index (χ3n) is 5.03. The summed E-state index contributed by atoms with van der Waals surface area (Å²) in [6.07, 6.45) is 4.89. The molecule has 0 saturated carbocycles. The lowest BCUT2D eigenvalue weighted by Gasteiger charge is -2.20. The fourth-order valence-electron chi connectivity index (χ4n) is 3.73. The lowest BCUT2D eigenvalue weighted by Crippen LogP contribution is -2.40. The molecule has 30 heavy (non-hydrogen) atoms. The van der Waals surface area contributed by atoms with Crippen LogP contribution in [0.3, 0.4) is 0 Å². The predicted octanol–water partition coefficient (Wildman–Crippen LogP) is 2.04. The van der Waals surface area contributed by atoms with Crippen molar-refractivity contribution in [1.82, 2.24) is 9.62 Å². The van der Waals surface area contributed by atoms with Gasteiger partial charge in [-0.25, -0.2) is 13.1 Å². The maximum absolute atomic E-state index is 12.5. The number of amides is 3. The Morgan fingerprint density at radius 3 is 2.27 bits per heavy atom. The lowest BCUT2D eigenvalue weighted by molar-refractivity contribution is -0.140. The number of hydrogen-bond acceptors (Lipinski definition) is 5. The van der Waals surface area contributed by atoms with E-state index in [0.717, 1.165) is 0 Å². The van der Waals surface area contributed by atoms with Crippen molar-refractivity contribution in [2.24, 2.45) is 11.8 Å². The molecule has 0 bridgehead atoms. The smallest absolute Gasteiger partial charge is 0.241 e. The minimum atomic E-state index is -3.73. The standard InChI is InChI=1S/C21H27N3O5S/c1-21(2,3)23-30(28,29)15-8-6-7-14(13-15)22-18(25)11-12-24-19(26)16-9-4-5-10-17(16)20(24)27/h4-8,13,16-17,23H,9-12H2,1-3H3,(H,22,25)/t16-,17-/m1/s1. The molecular weight excluding hydrogens is 406 g/mol. The molecule has 1 heterocycles. The third kappa shape index (κ3) is 4.96. The van der Waals surface area contributed by atoms with Gasteiger partial charge in [0.2, 0.25) is 27.7 Å². The Balaban J connectivity index is 1.61. The highest BCUT2D eigenvalue weighted by Crippen LogP contribution is 2.35. The van der Waals surface area contributed by atoms with E-state index >= 15 is 0 Å². The van der Waals surface area contributed by atoms with Crippen LogP contribution >= 0.6 is 0 Å². The van der Waals surface area contributed by atoms with Crippen LogP contribution < -0.4 is 10.0 Å². The number of sulfonamides is 1. The number of hydrogen-bond donors (Lipinski definition) is 2. The molecule has 2 N–H and O–H groups in total. The summed E-state index contributed by atoms with van der Waals surface area (Å²) in [7, 11) is -3.73. The van der Waals surface area contributed by atoms with E-state index < -0.39 is 21.5 Å². The van der Waals surface area contributed by atoms with Crippen molar-refractivity contribution in [3.63, 3.8) is 0 Å². The zero-order chi connectivity index (χ0) is 22.1. The second kappa shape index (κ2) is 8.31. The molecule has 9 heteroatoms. The summed E-state index contributed by atoms with van der Waals surface area (Å²) >= 11 is 0. The first-order chi connectivity index (χ1) is 14.0. The molecule has 162 valence electrons. The summed E-state index contributed by atoms with van der Waals surface area (Å²) in [5.74, 6) is -1.47. The van der Waals surface area contributed by atoms with E-state index in [0.29, 0.717) is 18.5 Å². The van der Waals surface area contributed by atoms with Gasteiger partial charge in [0, 0.05) is 24.2 Å². The number of carbonyl (C=O) groups is 3. The highest BCUT2D eigenvalue weighted by atomic mass is 32.2. The average Bonchev–Trinajstić information content (AvgIpc) is 2.89. The number of nitrogens with one attached hydrogen (secondary N) is 2. The molecule has 2 atom stereocenters. The lowest BCUT2D eigenvalue weighted by atomic mass is 9.85. The topological polar surface area (TPSA) is 113 Å². The molecular formula is C21H27N3O5S. The molecule has 3 amide bonds. The highest BCUT2D eigenvalue weighted by molar-refractivity contribution is 7.89. The van der Waals surface area contributed by atoms with Gasteiger partial charge in [0.25, 0.3) is 0 Å². The van der Waals surface area contributed by atoms with Crippen molar-refractivity contribution in [2.45, 2.75) is 50.5 Å².